The lowest BCUT2D eigenvalue weighted by Gasteiger charge is -2.33. The zero-order valence-corrected chi connectivity index (χ0v) is 11.8. The zero-order chi connectivity index (χ0) is 13.8. The fourth-order valence-corrected chi connectivity index (χ4v) is 2.53. The molecule has 0 radical (unpaired) electrons. The number of piperidine rings is 1. The molecule has 0 unspecified atom stereocenters. The predicted octanol–water partition coefficient (Wildman–Crippen LogP) is 2.47. The number of hydrogen-bond acceptors (Lipinski definition) is 4. The third-order valence-electron chi connectivity index (χ3n) is 3.53. The topological polar surface area (TPSA) is 54.7 Å². The Morgan fingerprint density at radius 3 is 3.00 bits per heavy atom. The SMILES string of the molecule is COC(=O)N1CCC[C@@H](N[C@H](C)c2ccc(C)o2)C1. The van der Waals surface area contributed by atoms with Crippen molar-refractivity contribution < 1.29 is 13.9 Å². The van der Waals surface area contributed by atoms with E-state index in [1.54, 1.807) is 4.90 Å². The van der Waals surface area contributed by atoms with Gasteiger partial charge in [-0.05, 0) is 38.8 Å². The lowest BCUT2D eigenvalue weighted by molar-refractivity contribution is 0.105. The van der Waals surface area contributed by atoms with Gasteiger partial charge in [-0.3, -0.25) is 0 Å². The molecular weight excluding hydrogens is 244 g/mol. The molecule has 0 saturated carbocycles. The lowest BCUT2D eigenvalue weighted by Crippen LogP contribution is -2.48. The normalized spacial score (nSPS) is 21.2. The van der Waals surface area contributed by atoms with Crippen LogP contribution in [0.15, 0.2) is 16.5 Å². The van der Waals surface area contributed by atoms with E-state index >= 15 is 0 Å². The molecule has 2 rings (SSSR count). The Labute approximate surface area is 113 Å². The van der Waals surface area contributed by atoms with Crippen LogP contribution in [0.3, 0.4) is 0 Å². The number of hydrogen-bond donors (Lipinski definition) is 1. The molecule has 0 bridgehead atoms. The van der Waals surface area contributed by atoms with E-state index < -0.39 is 0 Å². The molecule has 1 aliphatic heterocycles. The van der Waals surface area contributed by atoms with Crippen molar-refractivity contribution in [2.45, 2.75) is 38.8 Å². The van der Waals surface area contributed by atoms with E-state index in [0.717, 1.165) is 30.9 Å². The van der Waals surface area contributed by atoms with E-state index in [1.165, 1.54) is 7.11 Å². The molecule has 2 atom stereocenters. The predicted molar refractivity (Wildman–Crippen MR) is 72.0 cm³/mol. The van der Waals surface area contributed by atoms with Gasteiger partial charge in [0.25, 0.3) is 0 Å². The Morgan fingerprint density at radius 2 is 2.37 bits per heavy atom. The van der Waals surface area contributed by atoms with Crippen LogP contribution in [0.2, 0.25) is 0 Å². The van der Waals surface area contributed by atoms with Gasteiger partial charge in [0.15, 0.2) is 0 Å². The van der Waals surface area contributed by atoms with E-state index in [4.69, 9.17) is 9.15 Å². The Balaban J connectivity index is 1.90. The minimum atomic E-state index is -0.243. The van der Waals surface area contributed by atoms with Gasteiger partial charge in [-0.1, -0.05) is 0 Å². The average Bonchev–Trinajstić information content (AvgIpc) is 2.85. The number of aryl methyl sites for hydroxylation is 1. The minimum Gasteiger partial charge on any atom is -0.465 e. The Bertz CT molecular complexity index is 430. The fraction of sp³-hybridized carbons (Fsp3) is 0.643. The van der Waals surface area contributed by atoms with Gasteiger partial charge in [-0.25, -0.2) is 4.79 Å². The smallest absolute Gasteiger partial charge is 0.409 e. The van der Waals surface area contributed by atoms with Crippen LogP contribution in [0.4, 0.5) is 4.79 Å². The first-order valence-corrected chi connectivity index (χ1v) is 6.75. The molecule has 1 N–H and O–H groups in total. The first kappa shape index (κ1) is 13.9. The quantitative estimate of drug-likeness (QED) is 0.913. The minimum absolute atomic E-state index is 0.149. The van der Waals surface area contributed by atoms with Crippen molar-refractivity contribution in [3.8, 4) is 0 Å². The Morgan fingerprint density at radius 1 is 1.58 bits per heavy atom. The highest BCUT2D eigenvalue weighted by Gasteiger charge is 2.25. The molecule has 1 aromatic heterocycles. The molecule has 5 heteroatoms. The standard InChI is InChI=1S/C14H22N2O3/c1-10-6-7-13(19-10)11(2)15-12-5-4-8-16(9-12)14(17)18-3/h6-7,11-12,15H,4-5,8-9H2,1-3H3/t11-,12-/m1/s1. The summed E-state index contributed by atoms with van der Waals surface area (Å²) in [5.41, 5.74) is 0. The van der Waals surface area contributed by atoms with Crippen LogP contribution in [0.5, 0.6) is 0 Å². The van der Waals surface area contributed by atoms with Crippen LogP contribution in [0.25, 0.3) is 0 Å². The first-order chi connectivity index (χ1) is 9.10. The van der Waals surface area contributed by atoms with Gasteiger partial charge in [0.2, 0.25) is 0 Å². The third kappa shape index (κ3) is 3.50. The highest BCUT2D eigenvalue weighted by Crippen LogP contribution is 2.19. The zero-order valence-electron chi connectivity index (χ0n) is 11.8. The number of nitrogens with one attached hydrogen (secondary N) is 1. The summed E-state index contributed by atoms with van der Waals surface area (Å²) in [6.07, 6.45) is 1.82. The second-order valence-corrected chi connectivity index (χ2v) is 5.09. The number of furan rings is 1. The summed E-state index contributed by atoms with van der Waals surface area (Å²) in [4.78, 5) is 13.3. The van der Waals surface area contributed by atoms with Gasteiger partial charge in [-0.2, -0.15) is 0 Å². The number of likely N-dealkylation sites (tertiary alicyclic amines) is 1. The lowest BCUT2D eigenvalue weighted by atomic mass is 10.0. The van der Waals surface area contributed by atoms with Crippen molar-refractivity contribution in [1.29, 1.82) is 0 Å². The largest absolute Gasteiger partial charge is 0.465 e. The molecule has 1 amide bonds. The van der Waals surface area contributed by atoms with Crippen molar-refractivity contribution in [1.82, 2.24) is 10.2 Å². The highest BCUT2D eigenvalue weighted by atomic mass is 16.5. The molecule has 1 aliphatic rings. The molecule has 0 spiro atoms. The molecule has 1 fully saturated rings. The molecule has 0 aliphatic carbocycles. The fourth-order valence-electron chi connectivity index (χ4n) is 2.53. The van der Waals surface area contributed by atoms with Gasteiger partial charge in [0.05, 0.1) is 13.2 Å². The molecule has 1 saturated heterocycles. The van der Waals surface area contributed by atoms with Gasteiger partial charge in [0.1, 0.15) is 11.5 Å². The monoisotopic (exact) mass is 266 g/mol. The first-order valence-electron chi connectivity index (χ1n) is 6.75. The molecule has 106 valence electrons. The van der Waals surface area contributed by atoms with Crippen LogP contribution in [0, 0.1) is 6.92 Å². The number of amides is 1. The third-order valence-corrected chi connectivity index (χ3v) is 3.53. The van der Waals surface area contributed by atoms with E-state index in [0.29, 0.717) is 6.54 Å². The number of carbonyl (C=O) groups is 1. The number of carbonyl (C=O) groups excluding carboxylic acids is 1. The van der Waals surface area contributed by atoms with Crippen LogP contribution < -0.4 is 5.32 Å². The van der Waals surface area contributed by atoms with Crippen LogP contribution in [-0.4, -0.2) is 37.2 Å². The Kier molecular flexibility index (Phi) is 4.47. The molecule has 2 heterocycles. The van der Waals surface area contributed by atoms with Crippen LogP contribution in [-0.2, 0) is 4.74 Å². The van der Waals surface area contributed by atoms with E-state index in [9.17, 15) is 4.79 Å². The molecule has 1 aromatic rings. The van der Waals surface area contributed by atoms with Crippen LogP contribution >= 0.6 is 0 Å². The van der Waals surface area contributed by atoms with Crippen molar-refractivity contribution in [3.63, 3.8) is 0 Å². The van der Waals surface area contributed by atoms with Gasteiger partial charge in [0, 0.05) is 19.1 Å². The maximum atomic E-state index is 11.5. The summed E-state index contributed by atoms with van der Waals surface area (Å²) in [5.74, 6) is 1.86. The summed E-state index contributed by atoms with van der Waals surface area (Å²) in [6, 6.07) is 4.40. The molecule has 0 aromatic carbocycles. The van der Waals surface area contributed by atoms with Gasteiger partial charge in [-0.15, -0.1) is 0 Å². The molecule has 19 heavy (non-hydrogen) atoms. The second kappa shape index (κ2) is 6.10. The number of nitrogens with zero attached hydrogens (tertiary/aromatic N) is 1. The maximum Gasteiger partial charge on any atom is 0.409 e. The van der Waals surface area contributed by atoms with Gasteiger partial charge < -0.3 is 19.4 Å². The van der Waals surface area contributed by atoms with Crippen molar-refractivity contribution in [2.24, 2.45) is 0 Å². The molecular formula is C14H22N2O3. The molecule has 5 nitrogen and oxygen atoms in total. The van der Waals surface area contributed by atoms with Crippen molar-refractivity contribution in [2.75, 3.05) is 20.2 Å². The van der Waals surface area contributed by atoms with Gasteiger partial charge >= 0.3 is 6.09 Å². The summed E-state index contributed by atoms with van der Waals surface area (Å²) >= 11 is 0. The number of ether oxygens (including phenoxy) is 1. The maximum absolute atomic E-state index is 11.5. The van der Waals surface area contributed by atoms with Crippen LogP contribution in [0.1, 0.15) is 37.3 Å². The summed E-state index contributed by atoms with van der Waals surface area (Å²) in [6.45, 7) is 5.49. The highest BCUT2D eigenvalue weighted by molar-refractivity contribution is 5.67. The van der Waals surface area contributed by atoms with E-state index in [2.05, 4.69) is 12.2 Å². The summed E-state index contributed by atoms with van der Waals surface area (Å²) < 4.78 is 10.4. The van der Waals surface area contributed by atoms with Crippen molar-refractivity contribution >= 4 is 6.09 Å². The summed E-state index contributed by atoms with van der Waals surface area (Å²) in [5, 5.41) is 3.51. The average molecular weight is 266 g/mol. The Hall–Kier alpha value is -1.49. The number of rotatable bonds is 3. The second-order valence-electron chi connectivity index (χ2n) is 5.09. The number of methoxy groups -OCH3 is 1. The summed E-state index contributed by atoms with van der Waals surface area (Å²) in [7, 11) is 1.42. The van der Waals surface area contributed by atoms with E-state index in [-0.39, 0.29) is 18.2 Å². The van der Waals surface area contributed by atoms with E-state index in [1.807, 2.05) is 19.1 Å². The van der Waals surface area contributed by atoms with Crippen molar-refractivity contribution in [3.05, 3.63) is 23.7 Å².